The zero-order valence-electron chi connectivity index (χ0n) is 14.8. The van der Waals surface area contributed by atoms with E-state index in [1.807, 2.05) is 57.2 Å². The molecule has 1 amide bonds. The SMILES string of the molecule is CC(C)(C)OC(=O)N1CCC[C@H]1C(=O)Oc1ccc2ccccc2c1. The first-order valence-corrected chi connectivity index (χ1v) is 8.54. The molecule has 0 spiro atoms. The van der Waals surface area contributed by atoms with Gasteiger partial charge in [0, 0.05) is 6.54 Å². The van der Waals surface area contributed by atoms with Gasteiger partial charge in [-0.3, -0.25) is 4.90 Å². The minimum absolute atomic E-state index is 0.418. The molecule has 132 valence electrons. The molecule has 5 nitrogen and oxygen atoms in total. The van der Waals surface area contributed by atoms with Gasteiger partial charge in [-0.1, -0.05) is 30.3 Å². The Balaban J connectivity index is 1.71. The fourth-order valence-corrected chi connectivity index (χ4v) is 2.97. The molecular formula is C20H23NO4. The maximum absolute atomic E-state index is 12.6. The molecule has 1 atom stereocenters. The Morgan fingerprint density at radius 2 is 1.80 bits per heavy atom. The van der Waals surface area contributed by atoms with Gasteiger partial charge in [-0.25, -0.2) is 9.59 Å². The maximum Gasteiger partial charge on any atom is 0.411 e. The van der Waals surface area contributed by atoms with Crippen molar-refractivity contribution < 1.29 is 19.1 Å². The Hall–Kier alpha value is -2.56. The highest BCUT2D eigenvalue weighted by atomic mass is 16.6. The van der Waals surface area contributed by atoms with Gasteiger partial charge in [-0.15, -0.1) is 0 Å². The summed E-state index contributed by atoms with van der Waals surface area (Å²) in [6.45, 7) is 5.93. The number of carbonyl (C=O) groups is 2. The summed E-state index contributed by atoms with van der Waals surface area (Å²) in [5, 5.41) is 2.08. The number of nitrogens with zero attached hydrogens (tertiary/aromatic N) is 1. The molecule has 1 saturated heterocycles. The summed E-state index contributed by atoms with van der Waals surface area (Å²) >= 11 is 0. The molecule has 5 heteroatoms. The van der Waals surface area contributed by atoms with Gasteiger partial charge in [0.25, 0.3) is 0 Å². The molecule has 0 unspecified atom stereocenters. The summed E-state index contributed by atoms with van der Waals surface area (Å²) in [4.78, 5) is 26.3. The van der Waals surface area contributed by atoms with Crippen LogP contribution in [0.4, 0.5) is 4.79 Å². The number of benzene rings is 2. The van der Waals surface area contributed by atoms with Crippen LogP contribution in [0.3, 0.4) is 0 Å². The summed E-state index contributed by atoms with van der Waals surface area (Å²) in [6.07, 6.45) is 0.882. The molecule has 1 heterocycles. The largest absolute Gasteiger partial charge is 0.444 e. The molecule has 25 heavy (non-hydrogen) atoms. The lowest BCUT2D eigenvalue weighted by molar-refractivity contribution is -0.139. The summed E-state index contributed by atoms with van der Waals surface area (Å²) in [5.74, 6) is 0.0679. The monoisotopic (exact) mass is 341 g/mol. The second-order valence-electron chi connectivity index (χ2n) is 7.26. The molecule has 3 rings (SSSR count). The molecular weight excluding hydrogens is 318 g/mol. The lowest BCUT2D eigenvalue weighted by atomic mass is 10.1. The summed E-state index contributed by atoms with van der Waals surface area (Å²) < 4.78 is 10.9. The molecule has 0 saturated carbocycles. The van der Waals surface area contributed by atoms with Gasteiger partial charge in [0.15, 0.2) is 0 Å². The van der Waals surface area contributed by atoms with Gasteiger partial charge in [0.2, 0.25) is 0 Å². The van der Waals surface area contributed by atoms with E-state index in [1.165, 1.54) is 4.90 Å². The van der Waals surface area contributed by atoms with E-state index in [-0.39, 0.29) is 0 Å². The summed E-state index contributed by atoms with van der Waals surface area (Å²) in [5.41, 5.74) is -0.591. The van der Waals surface area contributed by atoms with Crippen LogP contribution in [0.15, 0.2) is 42.5 Å². The van der Waals surface area contributed by atoms with Crippen LogP contribution in [0.2, 0.25) is 0 Å². The normalized spacial score (nSPS) is 17.6. The third-order valence-corrected chi connectivity index (χ3v) is 4.09. The van der Waals surface area contributed by atoms with Crippen molar-refractivity contribution in [2.24, 2.45) is 0 Å². The van der Waals surface area contributed by atoms with E-state index in [4.69, 9.17) is 9.47 Å². The Morgan fingerprint density at radius 3 is 2.52 bits per heavy atom. The van der Waals surface area contributed by atoms with Gasteiger partial charge in [-0.2, -0.15) is 0 Å². The summed E-state index contributed by atoms with van der Waals surface area (Å²) in [6, 6.07) is 12.8. The number of fused-ring (bicyclic) bond motifs is 1. The standard InChI is InChI=1S/C20H23NO4/c1-20(2,3)25-19(23)21-12-6-9-17(21)18(22)24-16-11-10-14-7-4-5-8-15(14)13-16/h4-5,7-8,10-11,13,17H,6,9,12H2,1-3H3/t17-/m0/s1. The van der Waals surface area contributed by atoms with Crippen molar-refractivity contribution in [2.45, 2.75) is 45.3 Å². The minimum Gasteiger partial charge on any atom is -0.444 e. The van der Waals surface area contributed by atoms with Gasteiger partial charge < -0.3 is 9.47 Å². The molecule has 2 aromatic rings. The van der Waals surface area contributed by atoms with Gasteiger partial charge in [0.05, 0.1) is 0 Å². The van der Waals surface area contributed by atoms with Crippen LogP contribution in [-0.2, 0) is 9.53 Å². The molecule has 0 aromatic heterocycles. The van der Waals surface area contributed by atoms with Gasteiger partial charge in [0.1, 0.15) is 17.4 Å². The van der Waals surface area contributed by atoms with Crippen molar-refractivity contribution in [2.75, 3.05) is 6.54 Å². The Kier molecular flexibility index (Phi) is 4.66. The van der Waals surface area contributed by atoms with Crippen LogP contribution < -0.4 is 4.74 Å². The number of esters is 1. The Labute approximate surface area is 147 Å². The van der Waals surface area contributed by atoms with Crippen LogP contribution in [0.1, 0.15) is 33.6 Å². The number of amides is 1. The van der Waals surface area contributed by atoms with Crippen LogP contribution >= 0.6 is 0 Å². The third kappa shape index (κ3) is 4.10. The molecule has 1 fully saturated rings. The van der Waals surface area contributed by atoms with Crippen molar-refractivity contribution in [3.8, 4) is 5.75 Å². The molecule has 2 aromatic carbocycles. The fourth-order valence-electron chi connectivity index (χ4n) is 2.97. The highest BCUT2D eigenvalue weighted by Gasteiger charge is 2.37. The zero-order chi connectivity index (χ0) is 18.0. The van der Waals surface area contributed by atoms with Crippen LogP contribution in [0.25, 0.3) is 10.8 Å². The van der Waals surface area contributed by atoms with Crippen LogP contribution in [-0.4, -0.2) is 35.2 Å². The summed E-state index contributed by atoms with van der Waals surface area (Å²) in [7, 11) is 0. The van der Waals surface area contributed by atoms with E-state index in [1.54, 1.807) is 6.07 Å². The topological polar surface area (TPSA) is 55.8 Å². The van der Waals surface area contributed by atoms with E-state index in [2.05, 4.69) is 0 Å². The number of rotatable bonds is 2. The molecule has 0 N–H and O–H groups in total. The minimum atomic E-state index is -0.596. The first-order valence-electron chi connectivity index (χ1n) is 8.54. The van der Waals surface area contributed by atoms with Gasteiger partial charge >= 0.3 is 12.1 Å². The molecule has 1 aliphatic rings. The molecule has 0 aliphatic carbocycles. The van der Waals surface area contributed by atoms with E-state index < -0.39 is 23.7 Å². The van der Waals surface area contributed by atoms with Crippen LogP contribution in [0.5, 0.6) is 5.75 Å². The number of likely N-dealkylation sites (tertiary alicyclic amines) is 1. The maximum atomic E-state index is 12.6. The van der Waals surface area contributed by atoms with Crippen molar-refractivity contribution >= 4 is 22.8 Å². The lowest BCUT2D eigenvalue weighted by Crippen LogP contribution is -2.44. The first-order chi connectivity index (χ1) is 11.8. The number of hydrogen-bond donors (Lipinski definition) is 0. The average molecular weight is 341 g/mol. The predicted octanol–water partition coefficient (Wildman–Crippen LogP) is 4.14. The van der Waals surface area contributed by atoms with Crippen molar-refractivity contribution in [3.05, 3.63) is 42.5 Å². The highest BCUT2D eigenvalue weighted by molar-refractivity contribution is 5.87. The van der Waals surface area contributed by atoms with Crippen LogP contribution in [0, 0.1) is 0 Å². The average Bonchev–Trinajstić information content (AvgIpc) is 3.03. The van der Waals surface area contributed by atoms with Crippen molar-refractivity contribution in [1.29, 1.82) is 0 Å². The molecule has 1 aliphatic heterocycles. The smallest absolute Gasteiger partial charge is 0.411 e. The predicted molar refractivity (Wildman–Crippen MR) is 95.5 cm³/mol. The second-order valence-corrected chi connectivity index (χ2v) is 7.26. The van der Waals surface area contributed by atoms with E-state index in [0.717, 1.165) is 17.2 Å². The fraction of sp³-hybridized carbons (Fsp3) is 0.400. The highest BCUT2D eigenvalue weighted by Crippen LogP contribution is 2.25. The van der Waals surface area contributed by atoms with E-state index >= 15 is 0 Å². The number of carbonyl (C=O) groups excluding carboxylic acids is 2. The third-order valence-electron chi connectivity index (χ3n) is 4.09. The molecule has 0 bridgehead atoms. The van der Waals surface area contributed by atoms with E-state index in [9.17, 15) is 9.59 Å². The van der Waals surface area contributed by atoms with Crippen molar-refractivity contribution in [1.82, 2.24) is 4.90 Å². The lowest BCUT2D eigenvalue weighted by Gasteiger charge is -2.27. The Morgan fingerprint density at radius 1 is 1.08 bits per heavy atom. The molecule has 0 radical (unpaired) electrons. The Bertz CT molecular complexity index is 794. The van der Waals surface area contributed by atoms with Crippen molar-refractivity contribution in [3.63, 3.8) is 0 Å². The zero-order valence-corrected chi connectivity index (χ0v) is 14.8. The number of ether oxygens (including phenoxy) is 2. The van der Waals surface area contributed by atoms with Gasteiger partial charge in [-0.05, 0) is 56.5 Å². The second kappa shape index (κ2) is 6.75. The number of hydrogen-bond acceptors (Lipinski definition) is 4. The van der Waals surface area contributed by atoms with E-state index in [0.29, 0.717) is 18.7 Å². The quantitative estimate of drug-likeness (QED) is 0.608. The first kappa shape index (κ1) is 17.3.